The molecule has 0 unspecified atom stereocenters. The van der Waals surface area contributed by atoms with Gasteiger partial charge < -0.3 is 14.6 Å². The summed E-state index contributed by atoms with van der Waals surface area (Å²) >= 11 is 0. The number of nitrogens with one attached hydrogen (secondary N) is 2. The second-order valence-corrected chi connectivity index (χ2v) is 7.09. The van der Waals surface area contributed by atoms with Crippen LogP contribution in [0.5, 0.6) is 0 Å². The number of nitrogens with zero attached hydrogens (tertiary/aromatic N) is 2. The van der Waals surface area contributed by atoms with Crippen LogP contribution in [-0.4, -0.2) is 41.3 Å². The van der Waals surface area contributed by atoms with Crippen molar-refractivity contribution in [1.29, 1.82) is 0 Å². The Morgan fingerprint density at radius 3 is 2.88 bits per heavy atom. The fourth-order valence-corrected chi connectivity index (χ4v) is 3.32. The summed E-state index contributed by atoms with van der Waals surface area (Å²) in [7, 11) is 0. The lowest BCUT2D eigenvalue weighted by molar-refractivity contribution is 0.189. The van der Waals surface area contributed by atoms with Crippen molar-refractivity contribution in [3.05, 3.63) is 29.7 Å². The Hall–Kier alpha value is -1.59. The highest BCUT2D eigenvalue weighted by Gasteiger charge is 2.14. The number of aromatic amines is 1. The molecule has 1 aliphatic heterocycles. The Morgan fingerprint density at radius 2 is 2.12 bits per heavy atom. The number of H-pyrrole nitrogens is 1. The second-order valence-electron chi connectivity index (χ2n) is 7.09. The first kappa shape index (κ1) is 17.2. The SMILES string of the molecule is Cc1ccc(-c2[nH]ncc2CNCCCCN2CCC(C)CC2)o1. The molecule has 0 aliphatic carbocycles. The molecule has 0 saturated carbocycles. The molecule has 5 nitrogen and oxygen atoms in total. The molecule has 0 amide bonds. The Kier molecular flexibility index (Phi) is 6.10. The van der Waals surface area contributed by atoms with Gasteiger partial charge in [0.1, 0.15) is 11.5 Å². The minimum atomic E-state index is 0.826. The van der Waals surface area contributed by atoms with E-state index in [1.54, 1.807) is 0 Å². The number of hydrogen-bond acceptors (Lipinski definition) is 4. The fraction of sp³-hybridized carbons (Fsp3) is 0.632. The van der Waals surface area contributed by atoms with E-state index in [0.29, 0.717) is 0 Å². The van der Waals surface area contributed by atoms with Crippen LogP contribution in [0.1, 0.15) is 43.9 Å². The highest BCUT2D eigenvalue weighted by molar-refractivity contribution is 5.56. The topological polar surface area (TPSA) is 57.1 Å². The van der Waals surface area contributed by atoms with Gasteiger partial charge in [0.05, 0.1) is 6.20 Å². The first-order valence-electron chi connectivity index (χ1n) is 9.24. The third-order valence-electron chi connectivity index (χ3n) is 4.97. The van der Waals surface area contributed by atoms with Gasteiger partial charge in [-0.25, -0.2) is 0 Å². The Morgan fingerprint density at radius 1 is 1.29 bits per heavy atom. The van der Waals surface area contributed by atoms with Crippen LogP contribution in [0.3, 0.4) is 0 Å². The van der Waals surface area contributed by atoms with Gasteiger partial charge in [-0.15, -0.1) is 0 Å². The summed E-state index contributed by atoms with van der Waals surface area (Å²) in [6, 6.07) is 3.97. The number of piperidine rings is 1. The first-order chi connectivity index (χ1) is 11.7. The molecule has 0 radical (unpaired) electrons. The van der Waals surface area contributed by atoms with E-state index in [0.717, 1.165) is 41.8 Å². The standard InChI is InChI=1S/C19H30N4O/c1-15-7-11-23(12-8-15)10-4-3-9-20-13-17-14-21-22-19(17)18-6-5-16(2)24-18/h5-6,14-15,20H,3-4,7-13H2,1-2H3,(H,21,22). The van der Waals surface area contributed by atoms with Crippen molar-refractivity contribution in [2.45, 2.75) is 46.1 Å². The zero-order valence-corrected chi connectivity index (χ0v) is 15.0. The number of likely N-dealkylation sites (tertiary alicyclic amines) is 1. The van der Waals surface area contributed by atoms with Gasteiger partial charge in [0.2, 0.25) is 0 Å². The van der Waals surface area contributed by atoms with E-state index in [4.69, 9.17) is 4.42 Å². The molecule has 2 N–H and O–H groups in total. The lowest BCUT2D eigenvalue weighted by atomic mass is 9.99. The molecule has 2 aromatic rings. The van der Waals surface area contributed by atoms with Crippen molar-refractivity contribution in [3.8, 4) is 11.5 Å². The van der Waals surface area contributed by atoms with Crippen LogP contribution >= 0.6 is 0 Å². The van der Waals surface area contributed by atoms with Gasteiger partial charge in [-0.05, 0) is 76.8 Å². The van der Waals surface area contributed by atoms with Gasteiger partial charge in [-0.2, -0.15) is 5.10 Å². The van der Waals surface area contributed by atoms with Crippen molar-refractivity contribution in [1.82, 2.24) is 20.4 Å². The number of aromatic nitrogens is 2. The summed E-state index contributed by atoms with van der Waals surface area (Å²) in [6.45, 7) is 10.0. The molecule has 0 bridgehead atoms. The van der Waals surface area contributed by atoms with E-state index < -0.39 is 0 Å². The van der Waals surface area contributed by atoms with Crippen molar-refractivity contribution in [3.63, 3.8) is 0 Å². The minimum Gasteiger partial charge on any atom is -0.460 e. The van der Waals surface area contributed by atoms with Gasteiger partial charge >= 0.3 is 0 Å². The maximum Gasteiger partial charge on any atom is 0.152 e. The predicted octanol–water partition coefficient (Wildman–Crippen LogP) is 3.58. The summed E-state index contributed by atoms with van der Waals surface area (Å²) in [5, 5.41) is 10.7. The van der Waals surface area contributed by atoms with Crippen molar-refractivity contribution in [2.24, 2.45) is 5.92 Å². The largest absolute Gasteiger partial charge is 0.460 e. The van der Waals surface area contributed by atoms with Crippen LogP contribution in [0, 0.1) is 12.8 Å². The van der Waals surface area contributed by atoms with Crippen LogP contribution in [0.25, 0.3) is 11.5 Å². The molecule has 0 spiro atoms. The Labute approximate surface area is 144 Å². The van der Waals surface area contributed by atoms with Crippen LogP contribution in [0.4, 0.5) is 0 Å². The molecule has 0 atom stereocenters. The van der Waals surface area contributed by atoms with Crippen LogP contribution < -0.4 is 5.32 Å². The Bertz CT molecular complexity index is 610. The lowest BCUT2D eigenvalue weighted by Crippen LogP contribution is -2.33. The second kappa shape index (κ2) is 8.49. The number of furan rings is 1. The molecule has 0 aromatic carbocycles. The molecule has 24 heavy (non-hydrogen) atoms. The smallest absolute Gasteiger partial charge is 0.152 e. The lowest BCUT2D eigenvalue weighted by Gasteiger charge is -2.30. The number of hydrogen-bond donors (Lipinski definition) is 2. The molecule has 2 aromatic heterocycles. The quantitative estimate of drug-likeness (QED) is 0.726. The van der Waals surface area contributed by atoms with Crippen LogP contribution in [-0.2, 0) is 6.54 Å². The van der Waals surface area contributed by atoms with E-state index in [1.165, 1.54) is 45.3 Å². The first-order valence-corrected chi connectivity index (χ1v) is 9.24. The van der Waals surface area contributed by atoms with E-state index >= 15 is 0 Å². The zero-order chi connectivity index (χ0) is 16.8. The average molecular weight is 330 g/mol. The summed E-state index contributed by atoms with van der Waals surface area (Å²) in [4.78, 5) is 2.62. The van der Waals surface area contributed by atoms with Crippen molar-refractivity contribution < 1.29 is 4.42 Å². The molecule has 132 valence electrons. The molecule has 1 saturated heterocycles. The number of rotatable bonds is 8. The van der Waals surface area contributed by atoms with Crippen LogP contribution in [0.2, 0.25) is 0 Å². The molecule has 3 rings (SSSR count). The summed E-state index contributed by atoms with van der Waals surface area (Å²) in [5.74, 6) is 2.71. The van der Waals surface area contributed by atoms with Crippen molar-refractivity contribution >= 4 is 0 Å². The van der Waals surface area contributed by atoms with Gasteiger partial charge in [0, 0.05) is 12.1 Å². The van der Waals surface area contributed by atoms with Gasteiger partial charge in [-0.3, -0.25) is 5.10 Å². The maximum absolute atomic E-state index is 5.68. The molecule has 1 aliphatic rings. The highest BCUT2D eigenvalue weighted by atomic mass is 16.3. The van der Waals surface area contributed by atoms with E-state index in [-0.39, 0.29) is 0 Å². The molecular weight excluding hydrogens is 300 g/mol. The van der Waals surface area contributed by atoms with E-state index in [2.05, 4.69) is 27.3 Å². The average Bonchev–Trinajstić information content (AvgIpc) is 3.21. The van der Waals surface area contributed by atoms with Gasteiger partial charge in [0.15, 0.2) is 5.76 Å². The molecule has 5 heteroatoms. The van der Waals surface area contributed by atoms with Gasteiger partial charge in [-0.1, -0.05) is 6.92 Å². The zero-order valence-electron chi connectivity index (χ0n) is 15.0. The monoisotopic (exact) mass is 330 g/mol. The normalized spacial score (nSPS) is 16.8. The maximum atomic E-state index is 5.68. The molecule has 1 fully saturated rings. The summed E-state index contributed by atoms with van der Waals surface area (Å²) < 4.78 is 5.68. The van der Waals surface area contributed by atoms with E-state index in [1.807, 2.05) is 25.3 Å². The molecule has 3 heterocycles. The third kappa shape index (κ3) is 4.71. The van der Waals surface area contributed by atoms with E-state index in [9.17, 15) is 0 Å². The minimum absolute atomic E-state index is 0.826. The van der Waals surface area contributed by atoms with Crippen molar-refractivity contribution in [2.75, 3.05) is 26.2 Å². The third-order valence-corrected chi connectivity index (χ3v) is 4.97. The number of unbranched alkanes of at least 4 members (excludes halogenated alkanes) is 1. The highest BCUT2D eigenvalue weighted by Crippen LogP contribution is 2.23. The number of aryl methyl sites for hydroxylation is 1. The predicted molar refractivity (Wildman–Crippen MR) is 96.8 cm³/mol. The fourth-order valence-electron chi connectivity index (χ4n) is 3.32. The summed E-state index contributed by atoms with van der Waals surface area (Å²) in [5.41, 5.74) is 2.15. The Balaban J connectivity index is 1.33. The molecular formula is C19H30N4O. The van der Waals surface area contributed by atoms with Crippen LogP contribution in [0.15, 0.2) is 22.7 Å². The van der Waals surface area contributed by atoms with Gasteiger partial charge in [0.25, 0.3) is 0 Å². The summed E-state index contributed by atoms with van der Waals surface area (Å²) in [6.07, 6.45) is 7.12.